The van der Waals surface area contributed by atoms with Crippen molar-refractivity contribution in [1.82, 2.24) is 5.32 Å². The van der Waals surface area contributed by atoms with E-state index in [2.05, 4.69) is 5.32 Å². The Morgan fingerprint density at radius 2 is 1.56 bits per heavy atom. The van der Waals surface area contributed by atoms with E-state index in [1.807, 2.05) is 30.3 Å². The third-order valence-electron chi connectivity index (χ3n) is 3.52. The van der Waals surface area contributed by atoms with Crippen LogP contribution >= 0.6 is 0 Å². The molecule has 25 heavy (non-hydrogen) atoms. The van der Waals surface area contributed by atoms with Crippen LogP contribution in [0.1, 0.15) is 28.8 Å². The number of benzene rings is 2. The number of carbonyl (C=O) groups is 3. The molecule has 0 heterocycles. The van der Waals surface area contributed by atoms with Gasteiger partial charge in [0.1, 0.15) is 12.6 Å². The van der Waals surface area contributed by atoms with E-state index in [1.54, 1.807) is 30.3 Å². The van der Waals surface area contributed by atoms with E-state index < -0.39 is 23.9 Å². The Bertz CT molecular complexity index is 715. The number of ether oxygens (including phenoxy) is 1. The summed E-state index contributed by atoms with van der Waals surface area (Å²) in [6.07, 6.45) is -0.138. The topological polar surface area (TPSA) is 92.7 Å². The molecule has 1 unspecified atom stereocenters. The molecule has 6 nitrogen and oxygen atoms in total. The highest BCUT2D eigenvalue weighted by atomic mass is 16.5. The molecular formula is C19H19NO5. The lowest BCUT2D eigenvalue weighted by Crippen LogP contribution is -2.41. The summed E-state index contributed by atoms with van der Waals surface area (Å²) in [5.74, 6) is -2.20. The second-order valence-corrected chi connectivity index (χ2v) is 5.42. The van der Waals surface area contributed by atoms with E-state index in [-0.39, 0.29) is 19.4 Å². The van der Waals surface area contributed by atoms with Gasteiger partial charge in [0.2, 0.25) is 0 Å². The number of esters is 1. The molecule has 6 heteroatoms. The number of nitrogens with one attached hydrogen (secondary N) is 1. The van der Waals surface area contributed by atoms with Gasteiger partial charge in [-0.05, 0) is 24.1 Å². The number of carboxylic acid groups (broad SMARTS) is 1. The van der Waals surface area contributed by atoms with Crippen molar-refractivity contribution in [2.24, 2.45) is 0 Å². The summed E-state index contributed by atoms with van der Waals surface area (Å²) in [4.78, 5) is 35.1. The number of rotatable bonds is 8. The average Bonchev–Trinajstić information content (AvgIpc) is 2.64. The van der Waals surface area contributed by atoms with Crippen LogP contribution in [0.25, 0.3) is 0 Å². The molecule has 0 saturated carbocycles. The van der Waals surface area contributed by atoms with Crippen LogP contribution in [0.5, 0.6) is 0 Å². The monoisotopic (exact) mass is 341 g/mol. The lowest BCUT2D eigenvalue weighted by atomic mass is 10.1. The van der Waals surface area contributed by atoms with E-state index in [4.69, 9.17) is 4.74 Å². The normalized spacial score (nSPS) is 11.4. The minimum atomic E-state index is -1.19. The minimum absolute atomic E-state index is 0.0401. The third kappa shape index (κ3) is 6.10. The molecule has 130 valence electrons. The van der Waals surface area contributed by atoms with Gasteiger partial charge in [-0.25, -0.2) is 4.79 Å². The van der Waals surface area contributed by atoms with Crippen molar-refractivity contribution in [2.75, 3.05) is 0 Å². The molecule has 0 aliphatic rings. The maximum absolute atomic E-state index is 12.0. The lowest BCUT2D eigenvalue weighted by Gasteiger charge is -2.14. The maximum Gasteiger partial charge on any atom is 0.326 e. The first-order valence-corrected chi connectivity index (χ1v) is 7.84. The Labute approximate surface area is 145 Å². The van der Waals surface area contributed by atoms with Gasteiger partial charge in [0.05, 0.1) is 0 Å². The summed E-state index contributed by atoms with van der Waals surface area (Å²) in [5.41, 5.74) is 1.21. The molecule has 1 atom stereocenters. The number of hydrogen-bond donors (Lipinski definition) is 2. The van der Waals surface area contributed by atoms with Crippen molar-refractivity contribution < 1.29 is 24.2 Å². The molecule has 0 saturated heterocycles. The summed E-state index contributed by atoms with van der Waals surface area (Å²) in [6, 6.07) is 16.3. The van der Waals surface area contributed by atoms with Crippen molar-refractivity contribution in [2.45, 2.75) is 25.5 Å². The van der Waals surface area contributed by atoms with Gasteiger partial charge < -0.3 is 15.2 Å². The van der Waals surface area contributed by atoms with Gasteiger partial charge >= 0.3 is 11.9 Å². The summed E-state index contributed by atoms with van der Waals surface area (Å²) in [6.45, 7) is 0.133. The Kier molecular flexibility index (Phi) is 6.71. The fraction of sp³-hybridized carbons (Fsp3) is 0.211. The van der Waals surface area contributed by atoms with E-state index in [9.17, 15) is 19.5 Å². The van der Waals surface area contributed by atoms with Crippen molar-refractivity contribution in [3.8, 4) is 0 Å². The van der Waals surface area contributed by atoms with E-state index >= 15 is 0 Å². The lowest BCUT2D eigenvalue weighted by molar-refractivity contribution is -0.145. The first kappa shape index (κ1) is 18.2. The van der Waals surface area contributed by atoms with Gasteiger partial charge in [-0.1, -0.05) is 48.5 Å². The van der Waals surface area contributed by atoms with Crippen LogP contribution in [0.4, 0.5) is 0 Å². The van der Waals surface area contributed by atoms with Gasteiger partial charge in [0, 0.05) is 12.0 Å². The van der Waals surface area contributed by atoms with E-state index in [1.165, 1.54) is 0 Å². The highest BCUT2D eigenvalue weighted by Gasteiger charge is 2.22. The van der Waals surface area contributed by atoms with Crippen LogP contribution in [0, 0.1) is 0 Å². The molecule has 0 aromatic heterocycles. The summed E-state index contributed by atoms with van der Waals surface area (Å²) >= 11 is 0. The Hall–Kier alpha value is -3.15. The van der Waals surface area contributed by atoms with Gasteiger partial charge in [-0.15, -0.1) is 0 Å². The summed E-state index contributed by atoms with van der Waals surface area (Å²) in [7, 11) is 0. The Morgan fingerprint density at radius 3 is 2.16 bits per heavy atom. The highest BCUT2D eigenvalue weighted by molar-refractivity contribution is 5.96. The van der Waals surface area contributed by atoms with Crippen molar-refractivity contribution >= 4 is 17.8 Å². The van der Waals surface area contributed by atoms with Crippen LogP contribution in [-0.2, 0) is 20.9 Å². The number of hydrogen-bond acceptors (Lipinski definition) is 4. The Balaban J connectivity index is 1.82. The second kappa shape index (κ2) is 9.22. The smallest absolute Gasteiger partial charge is 0.326 e. The fourth-order valence-electron chi connectivity index (χ4n) is 2.16. The largest absolute Gasteiger partial charge is 0.480 e. The predicted molar refractivity (Wildman–Crippen MR) is 90.8 cm³/mol. The molecule has 2 aromatic rings. The van der Waals surface area contributed by atoms with Gasteiger partial charge in [0.25, 0.3) is 5.91 Å². The SMILES string of the molecule is O=C(CCC(NC(=O)c1ccccc1)C(=O)O)OCc1ccccc1. The molecule has 0 aliphatic heterocycles. The number of carbonyl (C=O) groups excluding carboxylic acids is 2. The molecule has 2 N–H and O–H groups in total. The minimum Gasteiger partial charge on any atom is -0.480 e. The zero-order valence-corrected chi connectivity index (χ0v) is 13.6. The first-order valence-electron chi connectivity index (χ1n) is 7.84. The molecule has 0 aliphatic carbocycles. The van der Waals surface area contributed by atoms with Crippen LogP contribution in [0.15, 0.2) is 60.7 Å². The van der Waals surface area contributed by atoms with Crippen molar-refractivity contribution in [3.05, 3.63) is 71.8 Å². The van der Waals surface area contributed by atoms with Crippen LogP contribution in [-0.4, -0.2) is 29.0 Å². The second-order valence-electron chi connectivity index (χ2n) is 5.42. The first-order chi connectivity index (χ1) is 12.1. The average molecular weight is 341 g/mol. The number of carboxylic acids is 1. The highest BCUT2D eigenvalue weighted by Crippen LogP contribution is 2.06. The molecule has 0 fully saturated rings. The van der Waals surface area contributed by atoms with Crippen LogP contribution in [0.2, 0.25) is 0 Å². The number of amides is 1. The third-order valence-corrected chi connectivity index (χ3v) is 3.52. The summed E-state index contributed by atoms with van der Waals surface area (Å²) in [5, 5.41) is 11.6. The van der Waals surface area contributed by atoms with Gasteiger partial charge in [-0.3, -0.25) is 9.59 Å². The predicted octanol–water partition coefficient (Wildman–Crippen LogP) is 2.39. The zero-order chi connectivity index (χ0) is 18.1. The van der Waals surface area contributed by atoms with Gasteiger partial charge in [-0.2, -0.15) is 0 Å². The summed E-state index contributed by atoms with van der Waals surface area (Å²) < 4.78 is 5.10. The molecule has 2 rings (SSSR count). The quantitative estimate of drug-likeness (QED) is 0.719. The number of aliphatic carboxylic acids is 1. The van der Waals surface area contributed by atoms with Crippen LogP contribution < -0.4 is 5.32 Å². The fourth-order valence-corrected chi connectivity index (χ4v) is 2.16. The maximum atomic E-state index is 12.0. The standard InChI is InChI=1S/C19H19NO5/c21-17(25-13-14-7-3-1-4-8-14)12-11-16(19(23)24)20-18(22)15-9-5-2-6-10-15/h1-10,16H,11-13H2,(H,20,22)(H,23,24). The molecule has 1 amide bonds. The molecule has 0 spiro atoms. The van der Waals surface area contributed by atoms with E-state index in [0.717, 1.165) is 5.56 Å². The molecular weight excluding hydrogens is 322 g/mol. The van der Waals surface area contributed by atoms with Gasteiger partial charge in [0.15, 0.2) is 0 Å². The molecule has 0 radical (unpaired) electrons. The van der Waals surface area contributed by atoms with Crippen molar-refractivity contribution in [1.29, 1.82) is 0 Å². The Morgan fingerprint density at radius 1 is 0.960 bits per heavy atom. The zero-order valence-electron chi connectivity index (χ0n) is 13.6. The van der Waals surface area contributed by atoms with Crippen molar-refractivity contribution in [3.63, 3.8) is 0 Å². The van der Waals surface area contributed by atoms with E-state index in [0.29, 0.717) is 5.56 Å². The molecule has 2 aromatic carbocycles. The molecule has 0 bridgehead atoms. The van der Waals surface area contributed by atoms with Crippen LogP contribution in [0.3, 0.4) is 0 Å².